The third-order valence-electron chi connectivity index (χ3n) is 3.54. The molecule has 2 atom stereocenters. The van der Waals surface area contributed by atoms with Crippen LogP contribution in [0.1, 0.15) is 32.4 Å². The molecule has 5 nitrogen and oxygen atoms in total. The minimum absolute atomic E-state index is 0.117. The third kappa shape index (κ3) is 3.58. The highest BCUT2D eigenvalue weighted by atomic mass is 32.2. The van der Waals surface area contributed by atoms with Gasteiger partial charge in [-0.05, 0) is 31.4 Å². The van der Waals surface area contributed by atoms with Gasteiger partial charge in [-0.15, -0.1) is 0 Å². The first kappa shape index (κ1) is 14.6. The van der Waals surface area contributed by atoms with E-state index in [4.69, 9.17) is 0 Å². The molecule has 0 amide bonds. The van der Waals surface area contributed by atoms with Crippen LogP contribution >= 0.6 is 0 Å². The van der Waals surface area contributed by atoms with Gasteiger partial charge in [0.1, 0.15) is 0 Å². The maximum Gasteiger partial charge on any atom is 0.242 e. The molecule has 19 heavy (non-hydrogen) atoms. The number of sulfonamides is 1. The molecule has 6 heteroatoms. The maximum atomic E-state index is 12.2. The zero-order valence-corrected chi connectivity index (χ0v) is 12.6. The Kier molecular flexibility index (Phi) is 4.32. The van der Waals surface area contributed by atoms with Gasteiger partial charge in [-0.3, -0.25) is 0 Å². The highest BCUT2D eigenvalue weighted by molar-refractivity contribution is 7.89. The quantitative estimate of drug-likeness (QED) is 0.740. The molecule has 1 aliphatic carbocycles. The Labute approximate surface area is 115 Å². The Morgan fingerprint density at radius 1 is 1.47 bits per heavy atom. The third-order valence-corrected chi connectivity index (χ3v) is 5.00. The second-order valence-corrected chi connectivity index (χ2v) is 7.11. The van der Waals surface area contributed by atoms with E-state index < -0.39 is 10.0 Å². The van der Waals surface area contributed by atoms with Crippen LogP contribution in [0.2, 0.25) is 0 Å². The zero-order valence-electron chi connectivity index (χ0n) is 11.8. The van der Waals surface area contributed by atoms with Crippen LogP contribution in [0.3, 0.4) is 0 Å². The summed E-state index contributed by atoms with van der Waals surface area (Å²) in [6.07, 6.45) is 3.69. The first-order valence-electron chi connectivity index (χ1n) is 6.82. The molecule has 1 aliphatic rings. The summed E-state index contributed by atoms with van der Waals surface area (Å²) in [4.78, 5) is 0.363. The smallest absolute Gasteiger partial charge is 0.242 e. The molecule has 1 heterocycles. The summed E-state index contributed by atoms with van der Waals surface area (Å²) in [5, 5.41) is 3.28. The molecule has 2 rings (SSSR count). The Balaban J connectivity index is 2.05. The summed E-state index contributed by atoms with van der Waals surface area (Å²) in [6.45, 7) is 5.79. The molecule has 1 fully saturated rings. The fourth-order valence-electron chi connectivity index (χ4n) is 2.05. The Hall–Kier alpha value is -0.850. The van der Waals surface area contributed by atoms with Gasteiger partial charge in [0.2, 0.25) is 10.0 Å². The first-order chi connectivity index (χ1) is 8.94. The van der Waals surface area contributed by atoms with E-state index in [2.05, 4.69) is 23.9 Å². The molecule has 0 spiro atoms. The second kappa shape index (κ2) is 5.64. The summed E-state index contributed by atoms with van der Waals surface area (Å²) in [5.74, 6) is 0.462. The van der Waals surface area contributed by atoms with E-state index in [1.165, 1.54) is 0 Å². The lowest BCUT2D eigenvalue weighted by atomic mass is 10.4. The summed E-state index contributed by atoms with van der Waals surface area (Å²) >= 11 is 0. The lowest BCUT2D eigenvalue weighted by Gasteiger charge is -2.03. The predicted molar refractivity (Wildman–Crippen MR) is 75.3 cm³/mol. The molecule has 0 aliphatic heterocycles. The summed E-state index contributed by atoms with van der Waals surface area (Å²) in [7, 11) is -1.48. The summed E-state index contributed by atoms with van der Waals surface area (Å²) < 4.78 is 29.0. The van der Waals surface area contributed by atoms with Gasteiger partial charge < -0.3 is 9.88 Å². The predicted octanol–water partition coefficient (Wildman–Crippen LogP) is 1.21. The van der Waals surface area contributed by atoms with Crippen LogP contribution in [-0.4, -0.2) is 25.6 Å². The standard InChI is InChI=1S/C13H23N3O2S/c1-4-5-14-8-11-7-12(9-16(11)3)19(17,18)15-13-6-10(13)2/h7,9-10,13-15H,4-6,8H2,1-3H3. The summed E-state index contributed by atoms with van der Waals surface area (Å²) in [6, 6.07) is 1.87. The molecule has 2 unspecified atom stereocenters. The van der Waals surface area contributed by atoms with Crippen molar-refractivity contribution in [3.05, 3.63) is 18.0 Å². The van der Waals surface area contributed by atoms with E-state index in [-0.39, 0.29) is 6.04 Å². The number of nitrogens with one attached hydrogen (secondary N) is 2. The minimum atomic E-state index is -3.36. The molecular weight excluding hydrogens is 262 g/mol. The molecule has 0 saturated heterocycles. The number of nitrogens with zero attached hydrogens (tertiary/aromatic N) is 1. The average molecular weight is 285 g/mol. The van der Waals surface area contributed by atoms with Crippen molar-refractivity contribution in [2.24, 2.45) is 13.0 Å². The zero-order chi connectivity index (χ0) is 14.0. The Morgan fingerprint density at radius 3 is 2.74 bits per heavy atom. The first-order valence-corrected chi connectivity index (χ1v) is 8.30. The van der Waals surface area contributed by atoms with Gasteiger partial charge >= 0.3 is 0 Å². The fraction of sp³-hybridized carbons (Fsp3) is 0.692. The van der Waals surface area contributed by atoms with Crippen molar-refractivity contribution in [1.29, 1.82) is 0 Å². The molecule has 1 aromatic heterocycles. The minimum Gasteiger partial charge on any atom is -0.352 e. The van der Waals surface area contributed by atoms with Gasteiger partial charge in [0, 0.05) is 31.5 Å². The normalized spacial score (nSPS) is 22.7. The molecule has 0 bridgehead atoms. The van der Waals surface area contributed by atoms with Crippen molar-refractivity contribution in [2.45, 2.75) is 44.2 Å². The van der Waals surface area contributed by atoms with Crippen molar-refractivity contribution >= 4 is 10.0 Å². The van der Waals surface area contributed by atoms with E-state index in [1.54, 1.807) is 12.3 Å². The monoisotopic (exact) mass is 285 g/mol. The van der Waals surface area contributed by atoms with E-state index in [1.807, 2.05) is 11.6 Å². The van der Waals surface area contributed by atoms with Gasteiger partial charge in [0.25, 0.3) is 0 Å². The van der Waals surface area contributed by atoms with Gasteiger partial charge in [-0.1, -0.05) is 13.8 Å². The molecule has 0 aromatic carbocycles. The molecule has 1 aromatic rings. The lowest BCUT2D eigenvalue weighted by molar-refractivity contribution is 0.578. The molecule has 1 saturated carbocycles. The number of aromatic nitrogens is 1. The van der Waals surface area contributed by atoms with Crippen molar-refractivity contribution in [2.75, 3.05) is 6.54 Å². The number of aryl methyl sites for hydroxylation is 1. The highest BCUT2D eigenvalue weighted by Crippen LogP contribution is 2.30. The maximum absolute atomic E-state index is 12.2. The van der Waals surface area contributed by atoms with Crippen molar-refractivity contribution in [3.8, 4) is 0 Å². The molecule has 2 N–H and O–H groups in total. The van der Waals surface area contributed by atoms with E-state index in [0.717, 1.165) is 25.1 Å². The highest BCUT2D eigenvalue weighted by Gasteiger charge is 2.36. The average Bonchev–Trinajstić information content (AvgIpc) is 2.86. The van der Waals surface area contributed by atoms with E-state index in [9.17, 15) is 8.42 Å². The van der Waals surface area contributed by atoms with Crippen molar-refractivity contribution in [3.63, 3.8) is 0 Å². The van der Waals surface area contributed by atoms with Crippen LogP contribution in [0.25, 0.3) is 0 Å². The fourth-order valence-corrected chi connectivity index (χ4v) is 3.50. The number of rotatable bonds is 7. The Bertz CT molecular complexity index is 536. The van der Waals surface area contributed by atoms with Crippen molar-refractivity contribution in [1.82, 2.24) is 14.6 Å². The molecular formula is C13H23N3O2S. The SMILES string of the molecule is CCCNCc1cc(S(=O)(=O)NC2CC2C)cn1C. The number of hydrogen-bond donors (Lipinski definition) is 2. The summed E-state index contributed by atoms with van der Waals surface area (Å²) in [5.41, 5.74) is 0.984. The van der Waals surface area contributed by atoms with Crippen molar-refractivity contribution < 1.29 is 8.42 Å². The Morgan fingerprint density at radius 2 is 2.16 bits per heavy atom. The van der Waals surface area contributed by atoms with E-state index in [0.29, 0.717) is 17.4 Å². The van der Waals surface area contributed by atoms with E-state index >= 15 is 0 Å². The van der Waals surface area contributed by atoms with Gasteiger partial charge in [0.05, 0.1) is 4.90 Å². The lowest BCUT2D eigenvalue weighted by Crippen LogP contribution is -2.26. The second-order valence-electron chi connectivity index (χ2n) is 5.40. The van der Waals surface area contributed by atoms with Gasteiger partial charge in [-0.25, -0.2) is 13.1 Å². The van der Waals surface area contributed by atoms with Crippen LogP contribution in [0.5, 0.6) is 0 Å². The topological polar surface area (TPSA) is 63.1 Å². The van der Waals surface area contributed by atoms with Gasteiger partial charge in [-0.2, -0.15) is 0 Å². The molecule has 108 valence electrons. The molecule has 0 radical (unpaired) electrons. The van der Waals surface area contributed by atoms with Crippen LogP contribution in [-0.2, 0) is 23.6 Å². The largest absolute Gasteiger partial charge is 0.352 e. The van der Waals surface area contributed by atoms with Crippen LogP contribution in [0.15, 0.2) is 17.2 Å². The van der Waals surface area contributed by atoms with Crippen LogP contribution < -0.4 is 10.0 Å². The van der Waals surface area contributed by atoms with Crippen LogP contribution in [0, 0.1) is 5.92 Å². The van der Waals surface area contributed by atoms with Crippen LogP contribution in [0.4, 0.5) is 0 Å². The number of hydrogen-bond acceptors (Lipinski definition) is 3. The van der Waals surface area contributed by atoms with Gasteiger partial charge in [0.15, 0.2) is 0 Å².